The summed E-state index contributed by atoms with van der Waals surface area (Å²) in [4.78, 5) is 36.5. The van der Waals surface area contributed by atoms with Gasteiger partial charge in [0.1, 0.15) is 5.75 Å². The maximum Gasteiger partial charge on any atom is 0.258 e. The van der Waals surface area contributed by atoms with Crippen molar-refractivity contribution in [2.45, 2.75) is 38.3 Å². The Morgan fingerprint density at radius 2 is 1.97 bits per heavy atom. The number of anilines is 2. The van der Waals surface area contributed by atoms with Crippen molar-refractivity contribution in [3.8, 4) is 5.75 Å². The molecule has 6 rings (SSSR count). The molecule has 12 heteroatoms. The lowest BCUT2D eigenvalue weighted by Gasteiger charge is -2.38. The number of rotatable bonds is 1. The van der Waals surface area contributed by atoms with Gasteiger partial charge in [-0.15, -0.1) is 0 Å². The number of nitrogens with one attached hydrogen (secondary N) is 1. The first-order valence-electron chi connectivity index (χ1n) is 13.4. The van der Waals surface area contributed by atoms with Gasteiger partial charge in [-0.3, -0.25) is 9.59 Å². The number of benzene rings is 1. The molecule has 0 radical (unpaired) electrons. The molecule has 0 saturated carbocycles. The van der Waals surface area contributed by atoms with Crippen molar-refractivity contribution in [2.75, 3.05) is 56.2 Å². The van der Waals surface area contributed by atoms with Crippen LogP contribution in [0.15, 0.2) is 24.3 Å². The fourth-order valence-electron chi connectivity index (χ4n) is 5.60. The van der Waals surface area contributed by atoms with E-state index in [-0.39, 0.29) is 48.7 Å². The number of fused-ring (bicyclic) bond motifs is 4. The molecular weight excluding hydrogens is 503 g/mol. The van der Waals surface area contributed by atoms with Gasteiger partial charge < -0.3 is 30.5 Å². The molecular formula is C27H33FN8O3. The molecule has 5 heterocycles. The molecule has 2 aromatic heterocycles. The van der Waals surface area contributed by atoms with Crippen LogP contribution in [-0.4, -0.2) is 83.7 Å². The first-order chi connectivity index (χ1) is 18.8. The zero-order valence-corrected chi connectivity index (χ0v) is 22.2. The molecule has 11 nitrogen and oxygen atoms in total. The lowest BCUT2D eigenvalue weighted by molar-refractivity contribution is -0.123. The van der Waals surface area contributed by atoms with E-state index >= 15 is 4.39 Å². The molecule has 2 amide bonds. The van der Waals surface area contributed by atoms with E-state index in [1.54, 1.807) is 24.1 Å². The summed E-state index contributed by atoms with van der Waals surface area (Å²) in [6, 6.07) is 6.91. The summed E-state index contributed by atoms with van der Waals surface area (Å²) in [7, 11) is 1.76. The molecule has 2 saturated heterocycles. The number of hydrogen-bond donors (Lipinski definition) is 2. The third-order valence-corrected chi connectivity index (χ3v) is 7.69. The van der Waals surface area contributed by atoms with Gasteiger partial charge in [-0.05, 0) is 38.3 Å². The molecule has 3 aliphatic heterocycles. The number of halogens is 1. The van der Waals surface area contributed by atoms with Crippen molar-refractivity contribution in [3.05, 3.63) is 46.9 Å². The van der Waals surface area contributed by atoms with Gasteiger partial charge in [0, 0.05) is 51.9 Å². The highest BCUT2D eigenvalue weighted by Gasteiger charge is 2.35. The highest BCUT2D eigenvalue weighted by atomic mass is 19.1. The van der Waals surface area contributed by atoms with Gasteiger partial charge in [-0.2, -0.15) is 14.0 Å². The van der Waals surface area contributed by atoms with Crippen molar-refractivity contribution < 1.29 is 18.7 Å². The van der Waals surface area contributed by atoms with Gasteiger partial charge in [0.2, 0.25) is 5.82 Å². The maximum atomic E-state index is 16.0. The molecule has 3 aliphatic rings. The largest absolute Gasteiger partial charge is 0.483 e. The minimum absolute atomic E-state index is 0.0238. The Balaban J connectivity index is 1.49. The number of piperidine rings is 1. The van der Waals surface area contributed by atoms with Crippen LogP contribution in [0.3, 0.4) is 0 Å². The van der Waals surface area contributed by atoms with Crippen molar-refractivity contribution in [2.24, 2.45) is 5.73 Å². The molecule has 206 valence electrons. The molecule has 1 atom stereocenters. The van der Waals surface area contributed by atoms with Crippen LogP contribution >= 0.6 is 0 Å². The summed E-state index contributed by atoms with van der Waals surface area (Å²) < 4.78 is 23.3. The third-order valence-electron chi connectivity index (χ3n) is 7.69. The lowest BCUT2D eigenvalue weighted by Crippen LogP contribution is -2.56. The first kappa shape index (κ1) is 25.4. The summed E-state index contributed by atoms with van der Waals surface area (Å²) in [6.45, 7) is 3.86. The second-order valence-electron chi connectivity index (χ2n) is 10.6. The first-order valence-corrected chi connectivity index (χ1v) is 13.4. The quantitative estimate of drug-likeness (QED) is 0.482. The number of carbonyl (C=O) groups excluding carboxylic acids is 2. The standard InChI is InChI=1S/C27H33FN8O3/c1-16-6-7-21-18(11-16)27(38)35-9-4-3-5-20(35)19-12-22-31-25(34-13-17(29)14-34)24(28)26(36(22)32-19)33(2)10-8-30-23(37)15-39-21/h6-7,11-12,17,20H,3-5,8-10,13-15,29H2,1-2H3,(H,30,37). The summed E-state index contributed by atoms with van der Waals surface area (Å²) in [5.74, 6) is -0.171. The van der Waals surface area contributed by atoms with E-state index in [0.29, 0.717) is 48.8 Å². The topological polar surface area (TPSA) is 121 Å². The van der Waals surface area contributed by atoms with Gasteiger partial charge in [0.25, 0.3) is 11.8 Å². The highest BCUT2D eigenvalue weighted by Crippen LogP contribution is 2.36. The van der Waals surface area contributed by atoms with Crippen molar-refractivity contribution in [1.82, 2.24) is 24.8 Å². The van der Waals surface area contributed by atoms with E-state index in [4.69, 9.17) is 15.6 Å². The molecule has 1 unspecified atom stereocenters. The maximum absolute atomic E-state index is 16.0. The van der Waals surface area contributed by atoms with Crippen molar-refractivity contribution in [3.63, 3.8) is 0 Å². The number of aromatic nitrogens is 3. The number of nitrogens with zero attached hydrogens (tertiary/aromatic N) is 6. The fraction of sp³-hybridized carbons (Fsp3) is 0.481. The normalized spacial score (nSPS) is 20.9. The number of nitrogens with two attached hydrogens (primary N) is 1. The average Bonchev–Trinajstić information content (AvgIpc) is 3.32. The second-order valence-corrected chi connectivity index (χ2v) is 10.6. The van der Waals surface area contributed by atoms with Crippen LogP contribution in [0.5, 0.6) is 5.75 Å². The second kappa shape index (κ2) is 9.99. The van der Waals surface area contributed by atoms with Crippen LogP contribution in [0.25, 0.3) is 5.65 Å². The number of hydrogen-bond acceptors (Lipinski definition) is 8. The summed E-state index contributed by atoms with van der Waals surface area (Å²) in [5, 5.41) is 7.63. The Labute approximate surface area is 225 Å². The van der Waals surface area contributed by atoms with Gasteiger partial charge >= 0.3 is 0 Å². The predicted molar refractivity (Wildman–Crippen MR) is 144 cm³/mol. The summed E-state index contributed by atoms with van der Waals surface area (Å²) in [6.07, 6.45) is 2.52. The van der Waals surface area contributed by atoms with E-state index in [2.05, 4.69) is 10.3 Å². The van der Waals surface area contributed by atoms with E-state index in [1.807, 2.05) is 28.9 Å². The molecule has 39 heavy (non-hydrogen) atoms. The molecule has 3 aromatic rings. The van der Waals surface area contributed by atoms with E-state index in [9.17, 15) is 9.59 Å². The van der Waals surface area contributed by atoms with Crippen LogP contribution in [0.2, 0.25) is 0 Å². The molecule has 0 spiro atoms. The monoisotopic (exact) mass is 536 g/mol. The summed E-state index contributed by atoms with van der Waals surface area (Å²) >= 11 is 0. The molecule has 2 fully saturated rings. The SMILES string of the molecule is Cc1ccc2c(c1)C(=O)N1CCCCC1c1cc3nc(N4CC(N)C4)c(F)c(n3n1)N(C)CCNC(=O)CO2. The third kappa shape index (κ3) is 4.62. The average molecular weight is 537 g/mol. The van der Waals surface area contributed by atoms with Crippen molar-refractivity contribution >= 4 is 29.1 Å². The van der Waals surface area contributed by atoms with E-state index in [0.717, 1.165) is 24.8 Å². The van der Waals surface area contributed by atoms with Gasteiger partial charge in [-0.25, -0.2) is 4.98 Å². The van der Waals surface area contributed by atoms with Gasteiger partial charge in [-0.1, -0.05) is 11.6 Å². The van der Waals surface area contributed by atoms with Gasteiger partial charge in [0.05, 0.1) is 17.3 Å². The number of likely N-dealkylation sites (N-methyl/N-ethyl adjacent to an activating group) is 1. The Bertz CT molecular complexity index is 1440. The van der Waals surface area contributed by atoms with Gasteiger partial charge in [0.15, 0.2) is 23.9 Å². The minimum atomic E-state index is -0.497. The van der Waals surface area contributed by atoms with Crippen LogP contribution < -0.4 is 25.6 Å². The number of carbonyl (C=O) groups is 2. The van der Waals surface area contributed by atoms with Crippen LogP contribution in [0.1, 0.15) is 46.9 Å². The number of aryl methyl sites for hydroxylation is 1. The van der Waals surface area contributed by atoms with Crippen LogP contribution in [-0.2, 0) is 4.79 Å². The Kier molecular flexibility index (Phi) is 6.49. The van der Waals surface area contributed by atoms with Crippen LogP contribution in [0.4, 0.5) is 16.0 Å². The zero-order chi connectivity index (χ0) is 27.3. The Hall–Kier alpha value is -3.93. The van der Waals surface area contributed by atoms with E-state index < -0.39 is 5.82 Å². The predicted octanol–water partition coefficient (Wildman–Crippen LogP) is 1.64. The van der Waals surface area contributed by atoms with E-state index in [1.165, 1.54) is 4.52 Å². The lowest BCUT2D eigenvalue weighted by atomic mass is 9.97. The minimum Gasteiger partial charge on any atom is -0.483 e. The van der Waals surface area contributed by atoms with Crippen LogP contribution in [0, 0.1) is 12.7 Å². The molecule has 1 aromatic carbocycles. The Morgan fingerprint density at radius 3 is 2.77 bits per heavy atom. The molecule has 3 N–H and O–H groups in total. The zero-order valence-electron chi connectivity index (χ0n) is 22.2. The number of ether oxygens (including phenoxy) is 1. The molecule has 0 aliphatic carbocycles. The smallest absolute Gasteiger partial charge is 0.258 e. The number of amides is 2. The summed E-state index contributed by atoms with van der Waals surface area (Å²) in [5.41, 5.74) is 8.45. The van der Waals surface area contributed by atoms with Crippen molar-refractivity contribution in [1.29, 1.82) is 0 Å². The highest BCUT2D eigenvalue weighted by molar-refractivity contribution is 5.97. The molecule has 2 bridgehead atoms. The fourth-order valence-corrected chi connectivity index (χ4v) is 5.60. The Morgan fingerprint density at radius 1 is 1.15 bits per heavy atom.